The first-order valence-electron chi connectivity index (χ1n) is 7.29. The molecule has 4 rings (SSSR count). The van der Waals surface area contributed by atoms with E-state index in [1.54, 1.807) is 42.5 Å². The van der Waals surface area contributed by atoms with Crippen molar-refractivity contribution in [2.75, 3.05) is 0 Å². The molecular weight excluding hydrogens is 288 g/mol. The Balaban J connectivity index is 1.77. The van der Waals surface area contributed by atoms with Gasteiger partial charge in [0.1, 0.15) is 11.5 Å². The molecule has 0 radical (unpaired) electrons. The molecule has 23 heavy (non-hydrogen) atoms. The number of carbonyl (C=O) groups is 2. The molecule has 0 fully saturated rings. The van der Waals surface area contributed by atoms with Gasteiger partial charge in [-0.15, -0.1) is 0 Å². The highest BCUT2D eigenvalue weighted by Crippen LogP contribution is 2.31. The van der Waals surface area contributed by atoms with Crippen molar-refractivity contribution in [3.8, 4) is 11.5 Å². The smallest absolute Gasteiger partial charge is 0.194 e. The summed E-state index contributed by atoms with van der Waals surface area (Å²) in [6.45, 7) is 0. The molecule has 110 valence electrons. The number of benzene rings is 3. The number of rotatable bonds is 2. The van der Waals surface area contributed by atoms with Crippen LogP contribution in [-0.2, 0) is 0 Å². The molecule has 0 aromatic heterocycles. The number of ether oxygens (including phenoxy) is 1. The van der Waals surface area contributed by atoms with Crippen LogP contribution in [0.1, 0.15) is 31.8 Å². The molecule has 0 amide bonds. The molecule has 0 saturated heterocycles. The van der Waals surface area contributed by atoms with E-state index in [2.05, 4.69) is 0 Å². The van der Waals surface area contributed by atoms with E-state index in [9.17, 15) is 9.59 Å². The highest BCUT2D eigenvalue weighted by atomic mass is 16.5. The Morgan fingerprint density at radius 3 is 1.78 bits per heavy atom. The van der Waals surface area contributed by atoms with Gasteiger partial charge in [0.25, 0.3) is 0 Å². The zero-order chi connectivity index (χ0) is 15.8. The van der Waals surface area contributed by atoms with Crippen molar-refractivity contribution in [1.29, 1.82) is 0 Å². The quantitative estimate of drug-likeness (QED) is 0.555. The Morgan fingerprint density at radius 1 is 0.522 bits per heavy atom. The molecule has 0 saturated carbocycles. The second-order valence-electron chi connectivity index (χ2n) is 5.33. The SMILES string of the molecule is O=C1c2ccccc2C(=O)c2cc(Oc3ccccc3)ccc21. The van der Waals surface area contributed by atoms with Crippen molar-refractivity contribution in [2.45, 2.75) is 0 Å². The summed E-state index contributed by atoms with van der Waals surface area (Å²) >= 11 is 0. The number of fused-ring (bicyclic) bond motifs is 2. The zero-order valence-corrected chi connectivity index (χ0v) is 12.2. The fourth-order valence-corrected chi connectivity index (χ4v) is 2.77. The van der Waals surface area contributed by atoms with Crippen LogP contribution in [0.5, 0.6) is 11.5 Å². The van der Waals surface area contributed by atoms with Crippen molar-refractivity contribution in [3.63, 3.8) is 0 Å². The van der Waals surface area contributed by atoms with Crippen molar-refractivity contribution in [2.24, 2.45) is 0 Å². The largest absolute Gasteiger partial charge is 0.457 e. The summed E-state index contributed by atoms with van der Waals surface area (Å²) < 4.78 is 5.75. The number of para-hydroxylation sites is 1. The Bertz CT molecular complexity index is 927. The van der Waals surface area contributed by atoms with Crippen LogP contribution in [0.15, 0.2) is 72.8 Å². The first-order chi connectivity index (χ1) is 11.2. The minimum atomic E-state index is -0.145. The summed E-state index contributed by atoms with van der Waals surface area (Å²) in [6.07, 6.45) is 0. The fourth-order valence-electron chi connectivity index (χ4n) is 2.77. The number of ketones is 2. The molecule has 0 unspecified atom stereocenters. The molecule has 1 aliphatic carbocycles. The van der Waals surface area contributed by atoms with E-state index >= 15 is 0 Å². The van der Waals surface area contributed by atoms with Gasteiger partial charge in [-0.2, -0.15) is 0 Å². The molecule has 0 heterocycles. The monoisotopic (exact) mass is 300 g/mol. The van der Waals surface area contributed by atoms with Gasteiger partial charge in [-0.3, -0.25) is 9.59 Å². The molecule has 3 heteroatoms. The van der Waals surface area contributed by atoms with Crippen LogP contribution in [0, 0.1) is 0 Å². The average molecular weight is 300 g/mol. The highest BCUT2D eigenvalue weighted by Gasteiger charge is 2.29. The van der Waals surface area contributed by atoms with Gasteiger partial charge in [0, 0.05) is 22.3 Å². The number of hydrogen-bond donors (Lipinski definition) is 0. The maximum absolute atomic E-state index is 12.7. The van der Waals surface area contributed by atoms with E-state index in [1.807, 2.05) is 30.3 Å². The van der Waals surface area contributed by atoms with Crippen LogP contribution in [0.3, 0.4) is 0 Å². The second kappa shape index (κ2) is 5.21. The molecular formula is C20H12O3. The van der Waals surface area contributed by atoms with Gasteiger partial charge < -0.3 is 4.74 Å². The van der Waals surface area contributed by atoms with Gasteiger partial charge in [-0.25, -0.2) is 0 Å². The van der Waals surface area contributed by atoms with Gasteiger partial charge in [0.2, 0.25) is 0 Å². The van der Waals surface area contributed by atoms with Crippen molar-refractivity contribution >= 4 is 11.6 Å². The van der Waals surface area contributed by atoms with Crippen molar-refractivity contribution < 1.29 is 14.3 Å². The summed E-state index contributed by atoms with van der Waals surface area (Å²) in [5.74, 6) is 0.952. The van der Waals surface area contributed by atoms with Crippen molar-refractivity contribution in [1.82, 2.24) is 0 Å². The lowest BCUT2D eigenvalue weighted by Crippen LogP contribution is -2.20. The van der Waals surface area contributed by atoms with Crippen LogP contribution in [0.25, 0.3) is 0 Å². The Hall–Kier alpha value is -3.20. The average Bonchev–Trinajstić information content (AvgIpc) is 2.60. The summed E-state index contributed by atoms with van der Waals surface area (Å²) in [7, 11) is 0. The van der Waals surface area contributed by atoms with Gasteiger partial charge >= 0.3 is 0 Å². The minimum absolute atomic E-state index is 0.124. The topological polar surface area (TPSA) is 43.4 Å². The summed E-state index contributed by atoms with van der Waals surface area (Å²) in [5, 5.41) is 0. The minimum Gasteiger partial charge on any atom is -0.457 e. The predicted octanol–water partition coefficient (Wildman–Crippen LogP) is 4.25. The predicted molar refractivity (Wildman–Crippen MR) is 86.3 cm³/mol. The first-order valence-corrected chi connectivity index (χ1v) is 7.29. The standard InChI is InChI=1S/C20H12O3/c21-19-15-8-4-5-9-16(15)20(22)18-12-14(10-11-17(18)19)23-13-6-2-1-3-7-13/h1-12H. The van der Waals surface area contributed by atoms with Crippen LogP contribution in [-0.4, -0.2) is 11.6 Å². The van der Waals surface area contributed by atoms with Crippen molar-refractivity contribution in [3.05, 3.63) is 95.1 Å². The second-order valence-corrected chi connectivity index (χ2v) is 5.33. The van der Waals surface area contributed by atoms with E-state index in [-0.39, 0.29) is 11.6 Å². The molecule has 1 aliphatic rings. The van der Waals surface area contributed by atoms with Crippen LogP contribution in [0.4, 0.5) is 0 Å². The molecule has 3 nitrogen and oxygen atoms in total. The Morgan fingerprint density at radius 2 is 1.09 bits per heavy atom. The normalized spacial score (nSPS) is 12.5. The van der Waals surface area contributed by atoms with Crippen LogP contribution in [0.2, 0.25) is 0 Å². The number of hydrogen-bond acceptors (Lipinski definition) is 3. The Kier molecular flexibility index (Phi) is 3.05. The first kappa shape index (κ1) is 13.5. The molecule has 0 bridgehead atoms. The maximum Gasteiger partial charge on any atom is 0.194 e. The summed E-state index contributed by atoms with van der Waals surface area (Å²) in [5.41, 5.74) is 1.72. The highest BCUT2D eigenvalue weighted by molar-refractivity contribution is 6.28. The van der Waals surface area contributed by atoms with Crippen LogP contribution < -0.4 is 4.74 Å². The lowest BCUT2D eigenvalue weighted by Gasteiger charge is -2.18. The van der Waals surface area contributed by atoms with E-state index in [1.165, 1.54) is 0 Å². The molecule has 3 aromatic carbocycles. The van der Waals surface area contributed by atoms with E-state index in [0.29, 0.717) is 33.8 Å². The van der Waals surface area contributed by atoms with Gasteiger partial charge in [-0.1, -0.05) is 42.5 Å². The summed E-state index contributed by atoms with van der Waals surface area (Å²) in [6, 6.07) is 21.2. The molecule has 0 N–H and O–H groups in total. The summed E-state index contributed by atoms with van der Waals surface area (Å²) in [4.78, 5) is 25.2. The molecule has 0 atom stereocenters. The zero-order valence-electron chi connectivity index (χ0n) is 12.2. The lowest BCUT2D eigenvalue weighted by molar-refractivity contribution is 0.0979. The molecule has 3 aromatic rings. The van der Waals surface area contributed by atoms with Gasteiger partial charge in [-0.05, 0) is 30.3 Å². The molecule has 0 aliphatic heterocycles. The van der Waals surface area contributed by atoms with E-state index in [0.717, 1.165) is 0 Å². The van der Waals surface area contributed by atoms with Crippen LogP contribution >= 0.6 is 0 Å². The van der Waals surface area contributed by atoms with Gasteiger partial charge in [0.05, 0.1) is 0 Å². The van der Waals surface area contributed by atoms with E-state index in [4.69, 9.17) is 4.74 Å². The van der Waals surface area contributed by atoms with Gasteiger partial charge in [0.15, 0.2) is 11.6 Å². The third kappa shape index (κ3) is 2.23. The fraction of sp³-hybridized carbons (Fsp3) is 0. The Labute approximate surface area is 133 Å². The third-order valence-electron chi connectivity index (χ3n) is 3.88. The molecule has 0 spiro atoms. The maximum atomic E-state index is 12.7. The third-order valence-corrected chi connectivity index (χ3v) is 3.88. The number of carbonyl (C=O) groups excluding carboxylic acids is 2. The van der Waals surface area contributed by atoms with E-state index < -0.39 is 0 Å². The lowest BCUT2D eigenvalue weighted by atomic mass is 9.84.